The van der Waals surface area contributed by atoms with Crippen molar-refractivity contribution in [2.75, 3.05) is 11.1 Å². The van der Waals surface area contributed by atoms with Crippen LogP contribution in [0.25, 0.3) is 0 Å². The molecule has 3 N–H and O–H groups in total. The second-order valence-electron chi connectivity index (χ2n) is 3.03. The monoisotopic (exact) mass is 239 g/mol. The van der Waals surface area contributed by atoms with Crippen LogP contribution < -0.4 is 11.1 Å². The molecule has 2 aromatic rings. The van der Waals surface area contributed by atoms with E-state index in [-0.39, 0.29) is 0 Å². The van der Waals surface area contributed by atoms with E-state index in [1.165, 1.54) is 0 Å². The number of hydrogen-bond donors (Lipinski definition) is 2. The Morgan fingerprint density at radius 2 is 2.33 bits per heavy atom. The molecule has 1 heterocycles. The molecule has 15 heavy (non-hydrogen) atoms. The van der Waals surface area contributed by atoms with E-state index in [0.717, 1.165) is 11.4 Å². The third-order valence-electron chi connectivity index (χ3n) is 2.00. The Bertz CT molecular complexity index is 442. The average Bonchev–Trinajstić information content (AvgIpc) is 2.73. The highest BCUT2D eigenvalue weighted by atomic mass is 35.5. The van der Waals surface area contributed by atoms with Crippen molar-refractivity contribution >= 4 is 34.3 Å². The van der Waals surface area contributed by atoms with Gasteiger partial charge in [-0.1, -0.05) is 17.7 Å². The smallest absolute Gasteiger partial charge is 0.0795 e. The van der Waals surface area contributed by atoms with Gasteiger partial charge in [0.1, 0.15) is 0 Å². The molecule has 0 saturated carbocycles. The number of nitrogens with two attached hydrogens (primary N) is 1. The van der Waals surface area contributed by atoms with Crippen molar-refractivity contribution in [1.29, 1.82) is 0 Å². The number of nitrogens with one attached hydrogen (secondary N) is 1. The van der Waals surface area contributed by atoms with Gasteiger partial charge in [0.2, 0.25) is 0 Å². The number of benzene rings is 1. The lowest BCUT2D eigenvalue weighted by atomic mass is 10.2. The van der Waals surface area contributed by atoms with E-state index < -0.39 is 0 Å². The number of aromatic nitrogens is 1. The van der Waals surface area contributed by atoms with Gasteiger partial charge in [0, 0.05) is 5.38 Å². The highest BCUT2D eigenvalue weighted by Crippen LogP contribution is 2.26. The Balaban J connectivity index is 2.08. The summed E-state index contributed by atoms with van der Waals surface area (Å²) in [5, 5.41) is 5.75. The van der Waals surface area contributed by atoms with Crippen molar-refractivity contribution < 1.29 is 0 Å². The SMILES string of the molecule is Nc1c(Cl)cccc1NCc1cscn1. The van der Waals surface area contributed by atoms with Crippen molar-refractivity contribution in [3.05, 3.63) is 39.8 Å². The van der Waals surface area contributed by atoms with Crippen LogP contribution in [0.1, 0.15) is 5.69 Å². The molecular formula is C10H10ClN3S. The molecule has 0 radical (unpaired) electrons. The van der Waals surface area contributed by atoms with Crippen LogP contribution in [0.2, 0.25) is 5.02 Å². The molecular weight excluding hydrogens is 230 g/mol. The highest BCUT2D eigenvalue weighted by Gasteiger charge is 2.02. The fourth-order valence-corrected chi connectivity index (χ4v) is 1.93. The van der Waals surface area contributed by atoms with Gasteiger partial charge >= 0.3 is 0 Å². The van der Waals surface area contributed by atoms with Crippen LogP contribution in [-0.4, -0.2) is 4.98 Å². The molecule has 5 heteroatoms. The van der Waals surface area contributed by atoms with Crippen LogP contribution in [0.4, 0.5) is 11.4 Å². The average molecular weight is 240 g/mol. The zero-order valence-electron chi connectivity index (χ0n) is 7.90. The van der Waals surface area contributed by atoms with Gasteiger partial charge in [-0.05, 0) is 12.1 Å². The fraction of sp³-hybridized carbons (Fsp3) is 0.100. The minimum Gasteiger partial charge on any atom is -0.396 e. The lowest BCUT2D eigenvalue weighted by Crippen LogP contribution is -2.02. The van der Waals surface area contributed by atoms with Crippen molar-refractivity contribution in [2.45, 2.75) is 6.54 Å². The zero-order chi connectivity index (χ0) is 10.7. The second-order valence-corrected chi connectivity index (χ2v) is 4.16. The van der Waals surface area contributed by atoms with Gasteiger partial charge in [0.15, 0.2) is 0 Å². The summed E-state index contributed by atoms with van der Waals surface area (Å²) in [6.45, 7) is 0.661. The maximum atomic E-state index is 5.90. The summed E-state index contributed by atoms with van der Waals surface area (Å²) in [5.41, 5.74) is 10.0. The Morgan fingerprint density at radius 1 is 1.47 bits per heavy atom. The number of nitrogen functional groups attached to an aromatic ring is 1. The largest absolute Gasteiger partial charge is 0.396 e. The Kier molecular flexibility index (Phi) is 3.08. The molecule has 0 aliphatic rings. The predicted octanol–water partition coefficient (Wildman–Crippen LogP) is 2.99. The first kappa shape index (κ1) is 10.3. The van der Waals surface area contributed by atoms with Crippen LogP contribution >= 0.6 is 22.9 Å². The number of rotatable bonds is 3. The third kappa shape index (κ3) is 2.40. The molecule has 1 aromatic carbocycles. The maximum absolute atomic E-state index is 5.90. The van der Waals surface area contributed by atoms with E-state index in [1.54, 1.807) is 22.9 Å². The summed E-state index contributed by atoms with van der Waals surface area (Å²) in [6.07, 6.45) is 0. The van der Waals surface area contributed by atoms with Gasteiger partial charge in [-0.15, -0.1) is 11.3 Å². The molecule has 0 fully saturated rings. The van der Waals surface area contributed by atoms with E-state index in [0.29, 0.717) is 17.3 Å². The van der Waals surface area contributed by atoms with Crippen LogP contribution in [0.5, 0.6) is 0 Å². The molecule has 78 valence electrons. The summed E-state index contributed by atoms with van der Waals surface area (Å²) in [6, 6.07) is 5.53. The minimum atomic E-state index is 0.568. The molecule has 3 nitrogen and oxygen atoms in total. The van der Waals surface area contributed by atoms with Crippen molar-refractivity contribution in [2.24, 2.45) is 0 Å². The summed E-state index contributed by atoms with van der Waals surface area (Å²) in [4.78, 5) is 4.17. The fourth-order valence-electron chi connectivity index (χ4n) is 1.20. The lowest BCUT2D eigenvalue weighted by molar-refractivity contribution is 1.08. The topological polar surface area (TPSA) is 50.9 Å². The Labute approximate surface area is 96.9 Å². The summed E-state index contributed by atoms with van der Waals surface area (Å²) in [5.74, 6) is 0. The number of thiazole rings is 1. The number of halogens is 1. The van der Waals surface area contributed by atoms with Crippen molar-refractivity contribution in [3.8, 4) is 0 Å². The van der Waals surface area contributed by atoms with Crippen molar-refractivity contribution in [3.63, 3.8) is 0 Å². The van der Waals surface area contributed by atoms with Crippen LogP contribution in [-0.2, 0) is 6.54 Å². The van der Waals surface area contributed by atoms with E-state index in [1.807, 2.05) is 17.5 Å². The van der Waals surface area contributed by atoms with Crippen LogP contribution in [0.15, 0.2) is 29.1 Å². The van der Waals surface area contributed by atoms with E-state index in [2.05, 4.69) is 10.3 Å². The molecule has 0 unspecified atom stereocenters. The van der Waals surface area contributed by atoms with Gasteiger partial charge in [-0.2, -0.15) is 0 Å². The number of anilines is 2. The predicted molar refractivity (Wildman–Crippen MR) is 65.3 cm³/mol. The molecule has 0 bridgehead atoms. The van der Waals surface area contributed by atoms with E-state index in [9.17, 15) is 0 Å². The van der Waals surface area contributed by atoms with E-state index in [4.69, 9.17) is 17.3 Å². The number of para-hydroxylation sites is 1. The quantitative estimate of drug-likeness (QED) is 0.810. The van der Waals surface area contributed by atoms with Crippen molar-refractivity contribution in [1.82, 2.24) is 4.98 Å². The number of nitrogens with zero attached hydrogens (tertiary/aromatic N) is 1. The Morgan fingerprint density at radius 3 is 3.07 bits per heavy atom. The summed E-state index contributed by atoms with van der Waals surface area (Å²) in [7, 11) is 0. The first-order chi connectivity index (χ1) is 7.27. The normalized spacial score (nSPS) is 10.2. The van der Waals surface area contributed by atoms with Gasteiger partial charge in [-0.3, -0.25) is 0 Å². The van der Waals surface area contributed by atoms with Gasteiger partial charge in [0.25, 0.3) is 0 Å². The molecule has 0 spiro atoms. The molecule has 1 aromatic heterocycles. The first-order valence-electron chi connectivity index (χ1n) is 4.42. The first-order valence-corrected chi connectivity index (χ1v) is 5.74. The summed E-state index contributed by atoms with van der Waals surface area (Å²) < 4.78 is 0. The molecule has 0 aliphatic carbocycles. The maximum Gasteiger partial charge on any atom is 0.0795 e. The Hall–Kier alpha value is -1.26. The molecule has 0 amide bonds. The molecule has 0 atom stereocenters. The molecule has 2 rings (SSSR count). The number of hydrogen-bond acceptors (Lipinski definition) is 4. The zero-order valence-corrected chi connectivity index (χ0v) is 9.48. The standard InChI is InChI=1S/C10H10ClN3S/c11-8-2-1-3-9(10(8)12)13-4-7-5-15-6-14-7/h1-3,5-6,13H,4,12H2. The third-order valence-corrected chi connectivity index (χ3v) is 2.96. The minimum absolute atomic E-state index is 0.568. The molecule has 0 saturated heterocycles. The van der Waals surface area contributed by atoms with Gasteiger partial charge < -0.3 is 11.1 Å². The van der Waals surface area contributed by atoms with E-state index >= 15 is 0 Å². The second kappa shape index (κ2) is 4.51. The van der Waals surface area contributed by atoms with Gasteiger partial charge in [0.05, 0.1) is 34.1 Å². The lowest BCUT2D eigenvalue weighted by Gasteiger charge is -2.08. The highest BCUT2D eigenvalue weighted by molar-refractivity contribution is 7.07. The van der Waals surface area contributed by atoms with Gasteiger partial charge in [-0.25, -0.2) is 4.98 Å². The van der Waals surface area contributed by atoms with Crippen LogP contribution in [0.3, 0.4) is 0 Å². The summed E-state index contributed by atoms with van der Waals surface area (Å²) >= 11 is 7.47. The molecule has 0 aliphatic heterocycles. The van der Waals surface area contributed by atoms with Crippen LogP contribution in [0, 0.1) is 0 Å².